The molecule has 0 spiro atoms. The van der Waals surface area contributed by atoms with Crippen LogP contribution >= 0.6 is 27.5 Å². The zero-order valence-electron chi connectivity index (χ0n) is 12.8. The Bertz CT molecular complexity index is 703. The van der Waals surface area contributed by atoms with Gasteiger partial charge in [0.1, 0.15) is 6.61 Å². The van der Waals surface area contributed by atoms with Crippen molar-refractivity contribution in [3.05, 3.63) is 57.0 Å². The molecule has 0 aromatic heterocycles. The first kappa shape index (κ1) is 17.6. The van der Waals surface area contributed by atoms with Gasteiger partial charge in [0.05, 0.1) is 24.3 Å². The van der Waals surface area contributed by atoms with Gasteiger partial charge in [0.15, 0.2) is 11.5 Å². The number of benzene rings is 2. The quantitative estimate of drug-likeness (QED) is 0.650. The minimum atomic E-state index is -0.480. The van der Waals surface area contributed by atoms with Gasteiger partial charge in [-0.2, -0.15) is 0 Å². The lowest BCUT2D eigenvalue weighted by Gasteiger charge is -2.15. The van der Waals surface area contributed by atoms with Gasteiger partial charge in [0.25, 0.3) is 0 Å². The van der Waals surface area contributed by atoms with Crippen molar-refractivity contribution in [2.45, 2.75) is 13.5 Å². The number of halogens is 2. The largest absolute Gasteiger partial charge is 0.490 e. The van der Waals surface area contributed by atoms with Gasteiger partial charge >= 0.3 is 5.97 Å². The third-order valence-electron chi connectivity index (χ3n) is 3.00. The van der Waals surface area contributed by atoms with Gasteiger partial charge in [0, 0.05) is 4.47 Å². The average molecular weight is 400 g/mol. The van der Waals surface area contributed by atoms with Crippen LogP contribution in [-0.4, -0.2) is 19.7 Å². The van der Waals surface area contributed by atoms with E-state index in [0.29, 0.717) is 35.3 Å². The van der Waals surface area contributed by atoms with Crippen LogP contribution < -0.4 is 9.47 Å². The van der Waals surface area contributed by atoms with Gasteiger partial charge in [-0.3, -0.25) is 0 Å². The Morgan fingerprint density at radius 3 is 2.65 bits per heavy atom. The Labute approximate surface area is 148 Å². The normalized spacial score (nSPS) is 10.3. The molecule has 0 N–H and O–H groups in total. The number of hydrogen-bond acceptors (Lipinski definition) is 4. The summed E-state index contributed by atoms with van der Waals surface area (Å²) in [5.41, 5.74) is 1.30. The zero-order chi connectivity index (χ0) is 16.8. The van der Waals surface area contributed by atoms with Crippen molar-refractivity contribution >= 4 is 33.5 Å². The Balaban J connectivity index is 2.27. The van der Waals surface area contributed by atoms with Gasteiger partial charge < -0.3 is 14.2 Å². The fourth-order valence-electron chi connectivity index (χ4n) is 1.99. The lowest BCUT2D eigenvalue weighted by molar-refractivity contribution is 0.0600. The van der Waals surface area contributed by atoms with E-state index in [0.717, 1.165) is 10.0 Å². The highest BCUT2D eigenvalue weighted by Gasteiger charge is 2.16. The maximum atomic E-state index is 11.7. The molecule has 2 aromatic rings. The van der Waals surface area contributed by atoms with E-state index in [-0.39, 0.29) is 0 Å². The number of rotatable bonds is 6. The molecule has 0 radical (unpaired) electrons. The van der Waals surface area contributed by atoms with Crippen molar-refractivity contribution in [1.29, 1.82) is 0 Å². The molecule has 0 heterocycles. The summed E-state index contributed by atoms with van der Waals surface area (Å²) in [6.07, 6.45) is 0. The lowest BCUT2D eigenvalue weighted by atomic mass is 10.2. The molecule has 23 heavy (non-hydrogen) atoms. The molecule has 2 rings (SSSR count). The third kappa shape index (κ3) is 4.62. The summed E-state index contributed by atoms with van der Waals surface area (Å²) in [6, 6.07) is 10.8. The zero-order valence-corrected chi connectivity index (χ0v) is 15.1. The maximum absolute atomic E-state index is 11.7. The fraction of sp³-hybridized carbons (Fsp3) is 0.235. The molecular weight excluding hydrogens is 384 g/mol. The van der Waals surface area contributed by atoms with Gasteiger partial charge in [0.2, 0.25) is 0 Å². The highest BCUT2D eigenvalue weighted by Crippen LogP contribution is 2.37. The minimum Gasteiger partial charge on any atom is -0.490 e. The molecule has 6 heteroatoms. The molecule has 0 bridgehead atoms. The highest BCUT2D eigenvalue weighted by molar-refractivity contribution is 9.10. The first-order valence-corrected chi connectivity index (χ1v) is 8.14. The summed E-state index contributed by atoms with van der Waals surface area (Å²) in [4.78, 5) is 11.7. The maximum Gasteiger partial charge on any atom is 0.338 e. The molecule has 2 aromatic carbocycles. The summed E-state index contributed by atoms with van der Waals surface area (Å²) in [7, 11) is 1.31. The van der Waals surface area contributed by atoms with Crippen LogP contribution in [0.3, 0.4) is 0 Å². The summed E-state index contributed by atoms with van der Waals surface area (Å²) in [6.45, 7) is 2.60. The lowest BCUT2D eigenvalue weighted by Crippen LogP contribution is -2.05. The number of hydrogen-bond donors (Lipinski definition) is 0. The first-order chi connectivity index (χ1) is 11.0. The Kier molecular flexibility index (Phi) is 6.30. The molecule has 0 saturated carbocycles. The molecule has 0 unspecified atom stereocenters. The summed E-state index contributed by atoms with van der Waals surface area (Å²) in [5, 5.41) is 0.298. The molecule has 0 aliphatic carbocycles. The van der Waals surface area contributed by atoms with Crippen LogP contribution in [0.25, 0.3) is 0 Å². The smallest absolute Gasteiger partial charge is 0.338 e. The summed E-state index contributed by atoms with van der Waals surface area (Å²) >= 11 is 9.66. The third-order valence-corrected chi connectivity index (χ3v) is 3.78. The van der Waals surface area contributed by atoms with Crippen molar-refractivity contribution in [2.24, 2.45) is 0 Å². The van der Waals surface area contributed by atoms with Crippen LogP contribution in [-0.2, 0) is 11.3 Å². The van der Waals surface area contributed by atoms with E-state index in [9.17, 15) is 4.79 Å². The number of ether oxygens (including phenoxy) is 3. The van der Waals surface area contributed by atoms with Crippen LogP contribution in [0.4, 0.5) is 0 Å². The Morgan fingerprint density at radius 1 is 1.22 bits per heavy atom. The molecule has 0 atom stereocenters. The topological polar surface area (TPSA) is 44.8 Å². The fourth-order valence-corrected chi connectivity index (χ4v) is 2.70. The Morgan fingerprint density at radius 2 is 2.00 bits per heavy atom. The average Bonchev–Trinajstić information content (AvgIpc) is 2.53. The predicted molar refractivity (Wildman–Crippen MR) is 92.4 cm³/mol. The standard InChI is InChI=1S/C17H16BrClO4/c1-3-22-15-9-12(17(20)21-2)8-14(19)16(15)23-10-11-5-4-6-13(18)7-11/h4-9H,3,10H2,1-2H3. The van der Waals surface area contributed by atoms with Crippen molar-refractivity contribution in [3.8, 4) is 11.5 Å². The van der Waals surface area contributed by atoms with Gasteiger partial charge in [-0.15, -0.1) is 0 Å². The van der Waals surface area contributed by atoms with E-state index >= 15 is 0 Å². The minimum absolute atomic E-state index is 0.298. The summed E-state index contributed by atoms with van der Waals surface area (Å²) < 4.78 is 17.0. The number of carbonyl (C=O) groups is 1. The van der Waals surface area contributed by atoms with Crippen molar-refractivity contribution in [3.63, 3.8) is 0 Å². The highest BCUT2D eigenvalue weighted by atomic mass is 79.9. The van der Waals surface area contributed by atoms with Crippen LogP contribution in [0.1, 0.15) is 22.8 Å². The molecule has 122 valence electrons. The van der Waals surface area contributed by atoms with Crippen LogP contribution in [0.2, 0.25) is 5.02 Å². The van der Waals surface area contributed by atoms with Crippen molar-refractivity contribution in [1.82, 2.24) is 0 Å². The predicted octanol–water partition coefficient (Wildman–Crippen LogP) is 4.87. The van der Waals surface area contributed by atoms with Gasteiger partial charge in [-0.1, -0.05) is 39.7 Å². The second-order valence-corrected chi connectivity index (χ2v) is 5.95. The summed E-state index contributed by atoms with van der Waals surface area (Å²) in [5.74, 6) is 0.336. The number of esters is 1. The second kappa shape index (κ2) is 8.22. The van der Waals surface area contributed by atoms with E-state index in [2.05, 4.69) is 15.9 Å². The van der Waals surface area contributed by atoms with Crippen LogP contribution in [0.5, 0.6) is 11.5 Å². The molecule has 0 amide bonds. The van der Waals surface area contributed by atoms with E-state index in [1.807, 2.05) is 31.2 Å². The van der Waals surface area contributed by atoms with Gasteiger partial charge in [-0.05, 0) is 36.8 Å². The molecule has 4 nitrogen and oxygen atoms in total. The number of methoxy groups -OCH3 is 1. The first-order valence-electron chi connectivity index (χ1n) is 6.97. The molecule has 0 fully saturated rings. The van der Waals surface area contributed by atoms with Crippen molar-refractivity contribution in [2.75, 3.05) is 13.7 Å². The molecular formula is C17H16BrClO4. The van der Waals surface area contributed by atoms with E-state index in [1.165, 1.54) is 13.2 Å². The van der Waals surface area contributed by atoms with E-state index in [4.69, 9.17) is 25.8 Å². The SMILES string of the molecule is CCOc1cc(C(=O)OC)cc(Cl)c1OCc1cccc(Br)c1. The van der Waals surface area contributed by atoms with Crippen LogP contribution in [0, 0.1) is 0 Å². The van der Waals surface area contributed by atoms with Crippen molar-refractivity contribution < 1.29 is 19.0 Å². The van der Waals surface area contributed by atoms with E-state index < -0.39 is 5.97 Å². The second-order valence-electron chi connectivity index (χ2n) is 4.63. The van der Waals surface area contributed by atoms with E-state index in [1.54, 1.807) is 6.07 Å². The molecule has 0 aliphatic rings. The number of carbonyl (C=O) groups excluding carboxylic acids is 1. The van der Waals surface area contributed by atoms with Gasteiger partial charge in [-0.25, -0.2) is 4.79 Å². The molecule has 0 aliphatic heterocycles. The Hall–Kier alpha value is -1.72. The monoisotopic (exact) mass is 398 g/mol. The molecule has 0 saturated heterocycles. The van der Waals surface area contributed by atoms with Crippen LogP contribution in [0.15, 0.2) is 40.9 Å².